The number of carbonyl (C=O) groups is 2. The first-order chi connectivity index (χ1) is 17.4. The highest BCUT2D eigenvalue weighted by Crippen LogP contribution is 2.42. The second-order valence-electron chi connectivity index (χ2n) is 8.48. The fraction of sp³-hybridized carbons (Fsp3) is 0.391. The van der Waals surface area contributed by atoms with Crippen molar-refractivity contribution in [2.24, 2.45) is 5.92 Å². The first-order valence-electron chi connectivity index (χ1n) is 11.4. The number of rotatable bonds is 6. The smallest absolute Gasteiger partial charge is 0.306 e. The maximum atomic E-state index is 13.0. The number of amides is 1. The number of aliphatic carboxylic acids is 1. The number of anilines is 3. The molecule has 9 nitrogen and oxygen atoms in total. The lowest BCUT2D eigenvalue weighted by Gasteiger charge is -2.31. The van der Waals surface area contributed by atoms with Crippen LogP contribution in [0.3, 0.4) is 0 Å². The number of ether oxygens (including phenoxy) is 1. The lowest BCUT2D eigenvalue weighted by molar-refractivity contribution is -0.142. The van der Waals surface area contributed by atoms with Crippen LogP contribution in [0.5, 0.6) is 0 Å². The van der Waals surface area contributed by atoms with E-state index in [-0.39, 0.29) is 11.8 Å². The van der Waals surface area contributed by atoms with Gasteiger partial charge >= 0.3 is 5.97 Å². The van der Waals surface area contributed by atoms with Crippen LogP contribution in [0.15, 0.2) is 23.7 Å². The predicted molar refractivity (Wildman–Crippen MR) is 143 cm³/mol. The number of nitrogens with one attached hydrogen (secondary N) is 1. The Kier molecular flexibility index (Phi) is 7.63. The van der Waals surface area contributed by atoms with E-state index in [1.807, 2.05) is 16.3 Å². The molecular weight excluding hydrogens is 545 g/mol. The number of carboxylic acids is 1. The van der Waals surface area contributed by atoms with Crippen molar-refractivity contribution in [1.29, 1.82) is 0 Å². The molecule has 0 aliphatic carbocycles. The molecule has 1 amide bonds. The first-order valence-corrected chi connectivity index (χ1v) is 13.9. The third kappa shape index (κ3) is 5.45. The predicted octanol–water partition coefficient (Wildman–Crippen LogP) is 4.96. The van der Waals surface area contributed by atoms with Crippen LogP contribution in [-0.2, 0) is 9.53 Å². The van der Waals surface area contributed by atoms with E-state index in [0.29, 0.717) is 65.7 Å². The van der Waals surface area contributed by atoms with Crippen molar-refractivity contribution in [2.75, 3.05) is 54.5 Å². The molecule has 0 radical (unpaired) electrons. The molecule has 5 rings (SSSR count). The summed E-state index contributed by atoms with van der Waals surface area (Å²) in [5.41, 5.74) is 1.10. The van der Waals surface area contributed by atoms with Gasteiger partial charge in [-0.05, 0) is 25.0 Å². The lowest BCUT2D eigenvalue weighted by atomic mass is 9.97. The first kappa shape index (κ1) is 25.2. The molecule has 5 heterocycles. The van der Waals surface area contributed by atoms with Gasteiger partial charge in [0.15, 0.2) is 5.13 Å². The Balaban J connectivity index is 1.33. The summed E-state index contributed by atoms with van der Waals surface area (Å²) in [5, 5.41) is 16.4. The van der Waals surface area contributed by atoms with E-state index in [1.54, 1.807) is 6.07 Å². The number of morpholine rings is 1. The summed E-state index contributed by atoms with van der Waals surface area (Å²) in [6, 6.07) is 3.46. The Morgan fingerprint density at radius 3 is 2.50 bits per heavy atom. The summed E-state index contributed by atoms with van der Waals surface area (Å²) in [7, 11) is 0. The van der Waals surface area contributed by atoms with Crippen molar-refractivity contribution in [1.82, 2.24) is 9.97 Å². The number of halogens is 2. The average Bonchev–Trinajstić information content (AvgIpc) is 3.50. The number of carbonyl (C=O) groups excluding carboxylic acids is 1. The molecule has 0 bridgehead atoms. The maximum Gasteiger partial charge on any atom is 0.306 e. The van der Waals surface area contributed by atoms with Crippen LogP contribution in [-0.4, -0.2) is 66.3 Å². The van der Waals surface area contributed by atoms with E-state index in [4.69, 9.17) is 32.9 Å². The minimum Gasteiger partial charge on any atom is -0.481 e. The summed E-state index contributed by atoms with van der Waals surface area (Å²) in [4.78, 5) is 38.5. The number of carboxylic acid groups (broad SMARTS) is 1. The number of thiophene rings is 1. The van der Waals surface area contributed by atoms with Crippen LogP contribution in [0.1, 0.15) is 23.2 Å². The number of hydrogen-bond acceptors (Lipinski definition) is 9. The molecule has 13 heteroatoms. The van der Waals surface area contributed by atoms with E-state index < -0.39 is 5.97 Å². The van der Waals surface area contributed by atoms with Gasteiger partial charge < -0.3 is 19.6 Å². The topological polar surface area (TPSA) is 108 Å². The Hall–Kier alpha value is -2.44. The molecule has 0 atom stereocenters. The molecule has 2 aliphatic rings. The normalized spacial score (nSPS) is 16.8. The van der Waals surface area contributed by atoms with Crippen molar-refractivity contribution < 1.29 is 19.4 Å². The van der Waals surface area contributed by atoms with E-state index in [0.717, 1.165) is 28.7 Å². The monoisotopic (exact) mass is 567 g/mol. The Bertz CT molecular complexity index is 1270. The van der Waals surface area contributed by atoms with Gasteiger partial charge in [-0.2, -0.15) is 0 Å². The molecule has 36 heavy (non-hydrogen) atoms. The standard InChI is InChI=1S/C23H23Cl2N5O4S2/c24-15-10-17(35-12-15)18-21(30-5-7-34-8-6-30)36-23(27-18)28-20(31)14-9-16(25)19(26-11-14)29-3-1-13(2-4-29)22(32)33/h9-13H,1-8H2,(H,32,33)(H,27,28,31). The largest absolute Gasteiger partial charge is 0.481 e. The van der Waals surface area contributed by atoms with Crippen LogP contribution in [0.4, 0.5) is 16.0 Å². The number of pyridine rings is 1. The van der Waals surface area contributed by atoms with Crippen LogP contribution in [0.2, 0.25) is 10.0 Å². The number of aromatic nitrogens is 2. The molecule has 3 aromatic rings. The second-order valence-corrected chi connectivity index (χ2v) is 11.2. The molecule has 0 unspecified atom stereocenters. The summed E-state index contributed by atoms with van der Waals surface area (Å²) < 4.78 is 5.49. The lowest BCUT2D eigenvalue weighted by Crippen LogP contribution is -2.37. The van der Waals surface area contributed by atoms with Gasteiger partial charge in [-0.3, -0.25) is 14.9 Å². The SMILES string of the molecule is O=C(Nc1nc(-c2cc(Cl)cs2)c(N2CCOCC2)s1)c1cnc(N2CCC(C(=O)O)CC2)c(Cl)c1. The molecule has 0 aromatic carbocycles. The van der Waals surface area contributed by atoms with Gasteiger partial charge in [0.1, 0.15) is 16.5 Å². The third-order valence-corrected chi connectivity index (χ3v) is 8.75. The van der Waals surface area contributed by atoms with Crippen molar-refractivity contribution >= 4 is 73.7 Å². The average molecular weight is 569 g/mol. The molecule has 3 aromatic heterocycles. The van der Waals surface area contributed by atoms with Crippen molar-refractivity contribution in [2.45, 2.75) is 12.8 Å². The molecule has 0 saturated carbocycles. The van der Waals surface area contributed by atoms with Gasteiger partial charge in [0.05, 0.1) is 39.6 Å². The number of hydrogen-bond donors (Lipinski definition) is 2. The van der Waals surface area contributed by atoms with E-state index in [9.17, 15) is 14.7 Å². The van der Waals surface area contributed by atoms with Gasteiger partial charge in [-0.15, -0.1) is 11.3 Å². The molecule has 2 fully saturated rings. The summed E-state index contributed by atoms with van der Waals surface area (Å²) in [6.07, 6.45) is 2.54. The molecule has 2 aliphatic heterocycles. The molecular formula is C23H23Cl2N5O4S2. The zero-order valence-corrected chi connectivity index (χ0v) is 22.2. The minimum atomic E-state index is -0.773. The van der Waals surface area contributed by atoms with Gasteiger partial charge in [-0.1, -0.05) is 34.5 Å². The van der Waals surface area contributed by atoms with Gasteiger partial charge in [0, 0.05) is 37.8 Å². The van der Waals surface area contributed by atoms with E-state index in [1.165, 1.54) is 28.9 Å². The van der Waals surface area contributed by atoms with Crippen molar-refractivity contribution in [3.05, 3.63) is 39.3 Å². The zero-order chi connectivity index (χ0) is 25.2. The fourth-order valence-electron chi connectivity index (χ4n) is 4.24. The summed E-state index contributed by atoms with van der Waals surface area (Å²) in [6.45, 7) is 3.85. The zero-order valence-electron chi connectivity index (χ0n) is 19.1. The maximum absolute atomic E-state index is 13.0. The van der Waals surface area contributed by atoms with Crippen LogP contribution in [0.25, 0.3) is 10.6 Å². The van der Waals surface area contributed by atoms with Crippen LogP contribution >= 0.6 is 45.9 Å². The third-order valence-electron chi connectivity index (χ3n) is 6.16. The van der Waals surface area contributed by atoms with Gasteiger partial charge in [0.2, 0.25) is 0 Å². The van der Waals surface area contributed by atoms with Crippen LogP contribution in [0, 0.1) is 5.92 Å². The summed E-state index contributed by atoms with van der Waals surface area (Å²) in [5.74, 6) is -0.929. The highest BCUT2D eigenvalue weighted by atomic mass is 35.5. The quantitative estimate of drug-likeness (QED) is 0.430. The molecule has 2 saturated heterocycles. The number of piperidine rings is 1. The molecule has 0 spiro atoms. The Labute approximate surface area is 225 Å². The molecule has 2 N–H and O–H groups in total. The van der Waals surface area contributed by atoms with Gasteiger partial charge in [-0.25, -0.2) is 9.97 Å². The van der Waals surface area contributed by atoms with Crippen LogP contribution < -0.4 is 15.1 Å². The molecule has 190 valence electrons. The fourth-order valence-corrected chi connectivity index (χ4v) is 6.68. The minimum absolute atomic E-state index is 0.313. The van der Waals surface area contributed by atoms with E-state index >= 15 is 0 Å². The Morgan fingerprint density at radius 2 is 1.86 bits per heavy atom. The van der Waals surface area contributed by atoms with Crippen molar-refractivity contribution in [3.63, 3.8) is 0 Å². The van der Waals surface area contributed by atoms with E-state index in [2.05, 4.69) is 15.2 Å². The summed E-state index contributed by atoms with van der Waals surface area (Å²) >= 11 is 15.5. The highest BCUT2D eigenvalue weighted by Gasteiger charge is 2.27. The number of thiazole rings is 1. The van der Waals surface area contributed by atoms with Gasteiger partial charge in [0.25, 0.3) is 5.91 Å². The second kappa shape index (κ2) is 10.9. The highest BCUT2D eigenvalue weighted by molar-refractivity contribution is 7.21. The number of nitrogens with zero attached hydrogens (tertiary/aromatic N) is 4. The van der Waals surface area contributed by atoms with Crippen molar-refractivity contribution in [3.8, 4) is 10.6 Å². The Morgan fingerprint density at radius 1 is 1.11 bits per heavy atom.